The average molecular weight is 383 g/mol. The van der Waals surface area contributed by atoms with Crippen LogP contribution >= 0.6 is 24.0 Å². The molecule has 3 rings (SSSR count). The van der Waals surface area contributed by atoms with E-state index in [1.165, 1.54) is 11.1 Å². The molecule has 0 unspecified atom stereocenters. The molecule has 0 atom stereocenters. The Morgan fingerprint density at radius 1 is 1.12 bits per heavy atom. The molecular weight excluding hydrogens is 360 g/mol. The van der Waals surface area contributed by atoms with E-state index in [1.807, 2.05) is 24.4 Å². The maximum Gasteiger partial charge on any atom is 0.217 e. The monoisotopic (exact) mass is 382 g/mol. The number of rotatable bonds is 5. The summed E-state index contributed by atoms with van der Waals surface area (Å²) < 4.78 is 2.16. The number of aromatic amines is 1. The van der Waals surface area contributed by atoms with Crippen LogP contribution in [0.3, 0.4) is 0 Å². The minimum Gasteiger partial charge on any atom is -0.249 e. The molecule has 0 saturated carbocycles. The van der Waals surface area contributed by atoms with Crippen molar-refractivity contribution in [2.24, 2.45) is 5.10 Å². The van der Waals surface area contributed by atoms with Crippen molar-refractivity contribution in [2.45, 2.75) is 37.1 Å². The molecule has 6 heteroatoms. The van der Waals surface area contributed by atoms with Crippen LogP contribution in [-0.2, 0) is 11.2 Å². The van der Waals surface area contributed by atoms with Gasteiger partial charge in [0, 0.05) is 5.75 Å². The number of thioether (sulfide) groups is 1. The number of aromatic nitrogens is 3. The van der Waals surface area contributed by atoms with E-state index in [0.717, 1.165) is 16.5 Å². The van der Waals surface area contributed by atoms with Crippen LogP contribution in [0.2, 0.25) is 0 Å². The van der Waals surface area contributed by atoms with Gasteiger partial charge in [0.15, 0.2) is 0 Å². The van der Waals surface area contributed by atoms with E-state index in [0.29, 0.717) is 4.77 Å². The van der Waals surface area contributed by atoms with Crippen LogP contribution in [0.25, 0.3) is 0 Å². The fraction of sp³-hybridized carbons (Fsp3) is 0.250. The summed E-state index contributed by atoms with van der Waals surface area (Å²) in [5.41, 5.74) is 3.71. The Labute approximate surface area is 163 Å². The zero-order valence-electron chi connectivity index (χ0n) is 15.1. The average Bonchev–Trinajstić information content (AvgIpc) is 2.98. The summed E-state index contributed by atoms with van der Waals surface area (Å²) in [6.45, 7) is 6.62. The van der Waals surface area contributed by atoms with Crippen LogP contribution in [0, 0.1) is 4.77 Å². The highest BCUT2D eigenvalue weighted by Crippen LogP contribution is 2.22. The summed E-state index contributed by atoms with van der Waals surface area (Å²) in [6, 6.07) is 18.7. The van der Waals surface area contributed by atoms with Crippen molar-refractivity contribution in [2.75, 3.05) is 0 Å². The lowest BCUT2D eigenvalue weighted by Gasteiger charge is -2.18. The lowest BCUT2D eigenvalue weighted by Crippen LogP contribution is -2.10. The maximum absolute atomic E-state index is 5.31. The van der Waals surface area contributed by atoms with Crippen molar-refractivity contribution in [3.8, 4) is 0 Å². The van der Waals surface area contributed by atoms with Gasteiger partial charge in [-0.25, -0.2) is 5.10 Å². The first-order valence-electron chi connectivity index (χ1n) is 8.42. The highest BCUT2D eigenvalue weighted by atomic mass is 32.2. The Kier molecular flexibility index (Phi) is 5.74. The van der Waals surface area contributed by atoms with Crippen molar-refractivity contribution in [1.82, 2.24) is 14.9 Å². The first kappa shape index (κ1) is 18.6. The zero-order valence-corrected chi connectivity index (χ0v) is 16.8. The largest absolute Gasteiger partial charge is 0.249 e. The summed E-state index contributed by atoms with van der Waals surface area (Å²) in [6.07, 6.45) is 1.81. The quantitative estimate of drug-likeness (QED) is 0.364. The predicted molar refractivity (Wildman–Crippen MR) is 112 cm³/mol. The maximum atomic E-state index is 5.31. The minimum absolute atomic E-state index is 0.143. The first-order chi connectivity index (χ1) is 12.4. The molecule has 1 N–H and O–H groups in total. The second-order valence-corrected chi connectivity index (χ2v) is 8.34. The molecule has 0 saturated heterocycles. The third-order valence-corrected chi connectivity index (χ3v) is 5.19. The van der Waals surface area contributed by atoms with E-state index in [9.17, 15) is 0 Å². The highest BCUT2D eigenvalue weighted by Gasteiger charge is 2.12. The second kappa shape index (κ2) is 8.01. The molecule has 0 aliphatic carbocycles. The van der Waals surface area contributed by atoms with E-state index >= 15 is 0 Å². The molecule has 1 heterocycles. The normalized spacial score (nSPS) is 12.0. The molecule has 3 aromatic rings. The SMILES string of the molecule is CC(C)(C)c1ccc(/C=N\n2c(SCc3ccccc3)n[nH]c2=S)cc1. The Hall–Kier alpha value is -2.18. The topological polar surface area (TPSA) is 46.0 Å². The van der Waals surface area contributed by atoms with Crippen molar-refractivity contribution in [3.63, 3.8) is 0 Å². The molecule has 26 heavy (non-hydrogen) atoms. The van der Waals surface area contributed by atoms with Crippen LogP contribution in [0.1, 0.15) is 37.5 Å². The van der Waals surface area contributed by atoms with Crippen LogP contribution < -0.4 is 0 Å². The van der Waals surface area contributed by atoms with Gasteiger partial charge >= 0.3 is 0 Å². The standard InChI is InChI=1S/C20H22N4S2/c1-20(2,3)17-11-9-15(10-12-17)13-21-24-18(25)22-23-19(24)26-14-16-7-5-4-6-8-16/h4-13H,14H2,1-3H3,(H,22,25)/b21-13-. The number of H-pyrrole nitrogens is 1. The van der Waals surface area contributed by atoms with Crippen molar-refractivity contribution in [3.05, 3.63) is 76.1 Å². The van der Waals surface area contributed by atoms with Crippen LogP contribution in [0.15, 0.2) is 64.9 Å². The number of hydrogen-bond donors (Lipinski definition) is 1. The molecule has 134 valence electrons. The number of nitrogens with zero attached hydrogens (tertiary/aromatic N) is 3. The van der Waals surface area contributed by atoms with Gasteiger partial charge in [-0.1, -0.05) is 87.1 Å². The van der Waals surface area contributed by atoms with Crippen molar-refractivity contribution in [1.29, 1.82) is 0 Å². The van der Waals surface area contributed by atoms with E-state index < -0.39 is 0 Å². The van der Waals surface area contributed by atoms with Crippen molar-refractivity contribution >= 4 is 30.2 Å². The van der Waals surface area contributed by atoms with Gasteiger partial charge in [-0.2, -0.15) is 9.78 Å². The van der Waals surface area contributed by atoms with Gasteiger partial charge in [-0.15, -0.1) is 5.10 Å². The molecule has 0 radical (unpaired) electrons. The van der Waals surface area contributed by atoms with Gasteiger partial charge in [0.1, 0.15) is 0 Å². The summed E-state index contributed by atoms with van der Waals surface area (Å²) in [7, 11) is 0. The Balaban J connectivity index is 1.74. The Morgan fingerprint density at radius 2 is 1.81 bits per heavy atom. The molecule has 0 fully saturated rings. The molecule has 0 aliphatic heterocycles. The third-order valence-electron chi connectivity index (χ3n) is 3.93. The number of nitrogens with one attached hydrogen (secondary N) is 1. The molecule has 2 aromatic carbocycles. The zero-order chi connectivity index (χ0) is 18.6. The first-order valence-corrected chi connectivity index (χ1v) is 9.82. The predicted octanol–water partition coefficient (Wildman–Crippen LogP) is 5.41. The fourth-order valence-electron chi connectivity index (χ4n) is 2.39. The van der Waals surface area contributed by atoms with E-state index in [4.69, 9.17) is 12.2 Å². The third kappa shape index (κ3) is 4.71. The van der Waals surface area contributed by atoms with Crippen molar-refractivity contribution < 1.29 is 0 Å². The summed E-state index contributed by atoms with van der Waals surface area (Å²) in [4.78, 5) is 0. The van der Waals surface area contributed by atoms with Crippen LogP contribution in [0.4, 0.5) is 0 Å². The van der Waals surface area contributed by atoms with E-state index in [-0.39, 0.29) is 5.41 Å². The van der Waals surface area contributed by atoms with E-state index in [2.05, 4.69) is 72.5 Å². The lowest BCUT2D eigenvalue weighted by molar-refractivity contribution is 0.590. The molecule has 0 bridgehead atoms. The summed E-state index contributed by atoms with van der Waals surface area (Å²) in [5.74, 6) is 0.816. The molecule has 4 nitrogen and oxygen atoms in total. The number of hydrogen-bond acceptors (Lipinski definition) is 4. The second-order valence-electron chi connectivity index (χ2n) is 7.01. The summed E-state index contributed by atoms with van der Waals surface area (Å²) in [5, 5.41) is 12.4. The van der Waals surface area contributed by atoms with Gasteiger partial charge in [0.05, 0.1) is 6.21 Å². The lowest BCUT2D eigenvalue weighted by atomic mass is 9.87. The minimum atomic E-state index is 0.143. The van der Waals surface area contributed by atoms with Crippen LogP contribution in [-0.4, -0.2) is 21.1 Å². The van der Waals surface area contributed by atoms with Gasteiger partial charge in [0.2, 0.25) is 9.93 Å². The molecule has 0 aliphatic rings. The molecular formula is C20H22N4S2. The van der Waals surface area contributed by atoms with Gasteiger partial charge in [-0.3, -0.25) is 0 Å². The van der Waals surface area contributed by atoms with Crippen LogP contribution in [0.5, 0.6) is 0 Å². The number of benzene rings is 2. The molecule has 0 spiro atoms. The Bertz CT molecular complexity index is 932. The smallest absolute Gasteiger partial charge is 0.217 e. The fourth-order valence-corrected chi connectivity index (χ4v) is 3.48. The molecule has 1 aromatic heterocycles. The molecule has 0 amide bonds. The van der Waals surface area contributed by atoms with Gasteiger partial charge in [0.25, 0.3) is 0 Å². The van der Waals surface area contributed by atoms with Gasteiger partial charge < -0.3 is 0 Å². The summed E-state index contributed by atoms with van der Waals surface area (Å²) >= 11 is 6.91. The Morgan fingerprint density at radius 3 is 2.46 bits per heavy atom. The highest BCUT2D eigenvalue weighted by molar-refractivity contribution is 7.98. The van der Waals surface area contributed by atoms with Gasteiger partial charge in [-0.05, 0) is 34.3 Å². The van der Waals surface area contributed by atoms with E-state index in [1.54, 1.807) is 16.4 Å².